The van der Waals surface area contributed by atoms with Crippen LogP contribution in [0.2, 0.25) is 0 Å². The number of carbonyl (C=O) groups is 1. The van der Waals surface area contributed by atoms with Gasteiger partial charge in [-0.3, -0.25) is 4.79 Å². The Morgan fingerprint density at radius 1 is 1.56 bits per heavy atom. The van der Waals surface area contributed by atoms with Gasteiger partial charge in [-0.2, -0.15) is 0 Å². The van der Waals surface area contributed by atoms with E-state index in [1.807, 2.05) is 22.6 Å². The van der Waals surface area contributed by atoms with Gasteiger partial charge in [0.15, 0.2) is 0 Å². The van der Waals surface area contributed by atoms with Crippen LogP contribution in [0.3, 0.4) is 0 Å². The minimum Gasteiger partial charge on any atom is -0.459 e. The van der Waals surface area contributed by atoms with Crippen molar-refractivity contribution in [3.63, 3.8) is 0 Å². The molecule has 2 rings (SSSR count). The van der Waals surface area contributed by atoms with Gasteiger partial charge in [-0.15, -0.1) is 0 Å². The molecule has 0 unspecified atom stereocenters. The number of esters is 1. The molecule has 0 bridgehead atoms. The van der Waals surface area contributed by atoms with Crippen molar-refractivity contribution in [3.05, 3.63) is 33.1 Å². The maximum Gasteiger partial charge on any atom is 0.313 e. The number of rotatable bonds is 2. The summed E-state index contributed by atoms with van der Waals surface area (Å²) in [5, 5.41) is 8.89. The molecule has 1 aliphatic rings. The van der Waals surface area contributed by atoms with Crippen molar-refractivity contribution in [3.8, 4) is 0 Å². The second kappa shape index (κ2) is 4.67. The van der Waals surface area contributed by atoms with Crippen LogP contribution in [-0.4, -0.2) is 23.8 Å². The van der Waals surface area contributed by atoms with Crippen LogP contribution in [0.15, 0.2) is 18.2 Å². The van der Waals surface area contributed by atoms with Gasteiger partial charge in [-0.05, 0) is 40.3 Å². The van der Waals surface area contributed by atoms with Crippen LogP contribution in [0.4, 0.5) is 4.39 Å². The van der Waals surface area contributed by atoms with Crippen LogP contribution in [0, 0.1) is 9.39 Å². The van der Waals surface area contributed by atoms with Gasteiger partial charge < -0.3 is 9.84 Å². The van der Waals surface area contributed by atoms with Gasteiger partial charge in [-0.1, -0.05) is 6.07 Å². The Bertz CT molecular complexity index is 422. The minimum absolute atomic E-state index is 0.185. The van der Waals surface area contributed by atoms with Crippen molar-refractivity contribution < 1.29 is 19.0 Å². The lowest BCUT2D eigenvalue weighted by Gasteiger charge is -2.06. The summed E-state index contributed by atoms with van der Waals surface area (Å²) in [5.41, 5.74) is 0.610. The van der Waals surface area contributed by atoms with E-state index in [-0.39, 0.29) is 18.4 Å². The monoisotopic (exact) mass is 336 g/mol. The van der Waals surface area contributed by atoms with Crippen LogP contribution in [0.5, 0.6) is 0 Å². The third-order valence-corrected chi connectivity index (χ3v) is 3.49. The molecule has 1 saturated heterocycles. The maximum absolute atomic E-state index is 13.3. The molecule has 1 fully saturated rings. The Morgan fingerprint density at radius 3 is 2.88 bits per heavy atom. The maximum atomic E-state index is 13.3. The predicted octanol–water partition coefficient (Wildman–Crippen LogP) is 1.82. The van der Waals surface area contributed by atoms with Crippen molar-refractivity contribution in [2.24, 2.45) is 0 Å². The zero-order chi connectivity index (χ0) is 11.7. The molecule has 86 valence electrons. The Labute approximate surface area is 106 Å². The molecule has 0 amide bonds. The van der Waals surface area contributed by atoms with E-state index in [1.165, 1.54) is 6.07 Å². The lowest BCUT2D eigenvalue weighted by molar-refractivity contribution is -0.143. The summed E-state index contributed by atoms with van der Waals surface area (Å²) < 4.78 is 18.8. The van der Waals surface area contributed by atoms with Gasteiger partial charge in [0.2, 0.25) is 0 Å². The summed E-state index contributed by atoms with van der Waals surface area (Å²) in [7, 11) is 0. The van der Waals surface area contributed by atoms with Crippen LogP contribution in [0.1, 0.15) is 17.9 Å². The van der Waals surface area contributed by atoms with Gasteiger partial charge in [0.05, 0.1) is 12.5 Å². The fourth-order valence-electron chi connectivity index (χ4n) is 1.77. The summed E-state index contributed by atoms with van der Waals surface area (Å²) >= 11 is 1.89. The molecule has 0 aliphatic carbocycles. The second-order valence-electron chi connectivity index (χ2n) is 3.70. The molecular weight excluding hydrogens is 326 g/mol. The zero-order valence-corrected chi connectivity index (χ0v) is 10.5. The molecule has 5 heteroatoms. The SMILES string of the molecule is O=C1O[C@@H](CO)C[C@@H]1c1ccc(I)c(F)c1. The fraction of sp³-hybridized carbons (Fsp3) is 0.364. The lowest BCUT2D eigenvalue weighted by atomic mass is 9.96. The van der Waals surface area contributed by atoms with Gasteiger partial charge >= 0.3 is 5.97 Å². The molecular formula is C11H10FIO3. The number of cyclic esters (lactones) is 1. The molecule has 1 N–H and O–H groups in total. The minimum atomic E-state index is -0.458. The first-order valence-electron chi connectivity index (χ1n) is 4.88. The first-order chi connectivity index (χ1) is 7.61. The number of benzene rings is 1. The molecule has 0 spiro atoms. The molecule has 2 atom stereocenters. The van der Waals surface area contributed by atoms with E-state index < -0.39 is 12.0 Å². The highest BCUT2D eigenvalue weighted by Crippen LogP contribution is 2.31. The fourth-order valence-corrected chi connectivity index (χ4v) is 2.10. The molecule has 1 aromatic carbocycles. The van der Waals surface area contributed by atoms with E-state index >= 15 is 0 Å². The topological polar surface area (TPSA) is 46.5 Å². The summed E-state index contributed by atoms with van der Waals surface area (Å²) in [6.07, 6.45) is -0.0464. The van der Waals surface area contributed by atoms with E-state index in [0.29, 0.717) is 15.6 Å². The molecule has 1 heterocycles. The second-order valence-corrected chi connectivity index (χ2v) is 4.87. The van der Waals surface area contributed by atoms with E-state index in [1.54, 1.807) is 12.1 Å². The van der Waals surface area contributed by atoms with Crippen LogP contribution < -0.4 is 0 Å². The molecule has 0 aromatic heterocycles. The van der Waals surface area contributed by atoms with E-state index in [2.05, 4.69) is 0 Å². The molecule has 0 radical (unpaired) electrons. The van der Waals surface area contributed by atoms with E-state index in [4.69, 9.17) is 9.84 Å². The number of aliphatic hydroxyl groups excluding tert-OH is 1. The normalized spacial score (nSPS) is 24.6. The number of hydrogen-bond acceptors (Lipinski definition) is 3. The molecule has 3 nitrogen and oxygen atoms in total. The van der Waals surface area contributed by atoms with Gasteiger partial charge in [0.1, 0.15) is 11.9 Å². The van der Waals surface area contributed by atoms with E-state index in [0.717, 1.165) is 0 Å². The third-order valence-electron chi connectivity index (χ3n) is 2.62. The average Bonchev–Trinajstić information content (AvgIpc) is 2.64. The van der Waals surface area contributed by atoms with E-state index in [9.17, 15) is 9.18 Å². The number of aliphatic hydroxyl groups is 1. The standard InChI is InChI=1S/C11H10FIO3/c12-9-3-6(1-2-10(9)13)8-4-7(5-14)16-11(8)15/h1-3,7-8,14H,4-5H2/t7-,8-/m1/s1. The molecule has 1 aromatic rings. The molecule has 1 aliphatic heterocycles. The largest absolute Gasteiger partial charge is 0.459 e. The number of carbonyl (C=O) groups excluding carboxylic acids is 1. The Balaban J connectivity index is 2.24. The van der Waals surface area contributed by atoms with Crippen molar-refractivity contribution in [2.75, 3.05) is 6.61 Å². The Kier molecular flexibility index (Phi) is 3.44. The number of halogens is 2. The van der Waals surface area contributed by atoms with Gasteiger partial charge in [0.25, 0.3) is 0 Å². The molecule has 16 heavy (non-hydrogen) atoms. The van der Waals surface area contributed by atoms with Crippen LogP contribution in [-0.2, 0) is 9.53 Å². The van der Waals surface area contributed by atoms with Crippen molar-refractivity contribution in [1.29, 1.82) is 0 Å². The summed E-state index contributed by atoms with van der Waals surface area (Å²) in [4.78, 5) is 11.5. The number of hydrogen-bond donors (Lipinski definition) is 1. The average molecular weight is 336 g/mol. The van der Waals surface area contributed by atoms with Crippen molar-refractivity contribution >= 4 is 28.6 Å². The van der Waals surface area contributed by atoms with Crippen LogP contribution in [0.25, 0.3) is 0 Å². The van der Waals surface area contributed by atoms with Crippen molar-refractivity contribution in [1.82, 2.24) is 0 Å². The number of ether oxygens (including phenoxy) is 1. The summed E-state index contributed by atoms with van der Waals surface area (Å²) in [5.74, 6) is -1.18. The first-order valence-corrected chi connectivity index (χ1v) is 5.96. The zero-order valence-electron chi connectivity index (χ0n) is 8.32. The quantitative estimate of drug-likeness (QED) is 0.662. The Hall–Kier alpha value is -0.690. The summed E-state index contributed by atoms with van der Waals surface area (Å²) in [6, 6.07) is 4.70. The van der Waals surface area contributed by atoms with Gasteiger partial charge in [-0.25, -0.2) is 4.39 Å². The van der Waals surface area contributed by atoms with Crippen LogP contribution >= 0.6 is 22.6 Å². The highest BCUT2D eigenvalue weighted by Gasteiger charge is 2.35. The smallest absolute Gasteiger partial charge is 0.313 e. The lowest BCUT2D eigenvalue weighted by Crippen LogP contribution is -2.10. The first kappa shape index (κ1) is 11.8. The van der Waals surface area contributed by atoms with Gasteiger partial charge in [0, 0.05) is 9.99 Å². The summed E-state index contributed by atoms with van der Waals surface area (Å²) in [6.45, 7) is -0.185. The third kappa shape index (κ3) is 2.20. The highest BCUT2D eigenvalue weighted by atomic mass is 127. The van der Waals surface area contributed by atoms with Crippen molar-refractivity contribution in [2.45, 2.75) is 18.4 Å². The Morgan fingerprint density at radius 2 is 2.31 bits per heavy atom. The predicted molar refractivity (Wildman–Crippen MR) is 63.4 cm³/mol. The molecule has 0 saturated carbocycles. The highest BCUT2D eigenvalue weighted by molar-refractivity contribution is 14.1.